The van der Waals surface area contributed by atoms with Crippen LogP contribution in [0.15, 0.2) is 48.8 Å². The van der Waals surface area contributed by atoms with Crippen molar-refractivity contribution in [2.45, 2.75) is 6.54 Å². The van der Waals surface area contributed by atoms with Crippen LogP contribution >= 0.6 is 0 Å². The van der Waals surface area contributed by atoms with Crippen molar-refractivity contribution in [1.82, 2.24) is 0 Å². The van der Waals surface area contributed by atoms with E-state index in [2.05, 4.69) is 50.7 Å². The molecule has 14 heavy (non-hydrogen) atoms. The fourth-order valence-corrected chi connectivity index (χ4v) is 1.35. The molecule has 1 aromatic carbocycles. The third-order valence-electron chi connectivity index (χ3n) is 1.87. The van der Waals surface area contributed by atoms with E-state index in [0.29, 0.717) is 0 Å². The quantitative estimate of drug-likeness (QED) is 0.468. The maximum atomic E-state index is 3.59. The van der Waals surface area contributed by atoms with Crippen molar-refractivity contribution in [3.8, 4) is 0 Å². The van der Waals surface area contributed by atoms with Crippen molar-refractivity contribution in [3.05, 3.63) is 54.4 Å². The molecule has 0 atom stereocenters. The van der Waals surface area contributed by atoms with E-state index in [1.807, 2.05) is 12.3 Å². The van der Waals surface area contributed by atoms with Crippen molar-refractivity contribution >= 4 is 0 Å². The average molecular weight is 210 g/mol. The first-order valence-corrected chi connectivity index (χ1v) is 4.38. The molecule has 2 heteroatoms. The molecule has 0 bridgehead atoms. The van der Waals surface area contributed by atoms with E-state index >= 15 is 0 Å². The number of hydrogen-bond acceptors (Lipinski definition) is 0. The SMILES string of the molecule is C=C=C[N+](C)(C)Cc1ccccc1.[Cl-]. The highest BCUT2D eigenvalue weighted by molar-refractivity contribution is 5.13. The molecule has 0 saturated carbocycles. The molecule has 0 aromatic heterocycles. The zero-order valence-corrected chi connectivity index (χ0v) is 9.46. The van der Waals surface area contributed by atoms with Crippen LogP contribution in [0.5, 0.6) is 0 Å². The minimum Gasteiger partial charge on any atom is -1.00 e. The van der Waals surface area contributed by atoms with Crippen LogP contribution in [0.3, 0.4) is 0 Å². The number of nitrogens with zero attached hydrogens (tertiary/aromatic N) is 1. The molecule has 1 rings (SSSR count). The van der Waals surface area contributed by atoms with Crippen LogP contribution in [0.4, 0.5) is 0 Å². The summed E-state index contributed by atoms with van der Waals surface area (Å²) in [5.41, 5.74) is 4.16. The summed E-state index contributed by atoms with van der Waals surface area (Å²) in [5.74, 6) is 0. The Kier molecular flexibility index (Phi) is 5.26. The van der Waals surface area contributed by atoms with E-state index < -0.39 is 0 Å². The molecule has 0 saturated heterocycles. The van der Waals surface area contributed by atoms with Gasteiger partial charge in [-0.15, -0.1) is 0 Å². The van der Waals surface area contributed by atoms with Crippen molar-refractivity contribution in [1.29, 1.82) is 0 Å². The van der Waals surface area contributed by atoms with Gasteiger partial charge in [0.1, 0.15) is 12.7 Å². The van der Waals surface area contributed by atoms with Crippen molar-refractivity contribution in [2.75, 3.05) is 14.1 Å². The first-order chi connectivity index (χ1) is 6.14. The Morgan fingerprint density at radius 1 is 1.29 bits per heavy atom. The Bertz CT molecular complexity index is 310. The maximum absolute atomic E-state index is 3.59. The number of hydrogen-bond donors (Lipinski definition) is 0. The molecule has 0 N–H and O–H groups in total. The zero-order valence-electron chi connectivity index (χ0n) is 8.70. The van der Waals surface area contributed by atoms with Gasteiger partial charge >= 0.3 is 0 Å². The van der Waals surface area contributed by atoms with E-state index in [1.165, 1.54) is 5.56 Å². The van der Waals surface area contributed by atoms with E-state index in [-0.39, 0.29) is 12.4 Å². The van der Waals surface area contributed by atoms with Gasteiger partial charge in [0.2, 0.25) is 0 Å². The molecule has 0 unspecified atom stereocenters. The second-order valence-corrected chi connectivity index (χ2v) is 3.76. The summed E-state index contributed by atoms with van der Waals surface area (Å²) in [4.78, 5) is 0. The molecule has 0 radical (unpaired) electrons. The molecule has 1 nitrogen and oxygen atoms in total. The highest BCUT2D eigenvalue weighted by atomic mass is 35.5. The van der Waals surface area contributed by atoms with Crippen LogP contribution in [0, 0.1) is 0 Å². The predicted octanol–water partition coefficient (Wildman–Crippen LogP) is -0.434. The Morgan fingerprint density at radius 3 is 2.36 bits per heavy atom. The molecule has 0 aliphatic heterocycles. The highest BCUT2D eigenvalue weighted by Crippen LogP contribution is 2.08. The fourth-order valence-electron chi connectivity index (χ4n) is 1.35. The van der Waals surface area contributed by atoms with Gasteiger partial charge in [0.05, 0.1) is 14.1 Å². The highest BCUT2D eigenvalue weighted by Gasteiger charge is 2.10. The Balaban J connectivity index is 0.00000169. The monoisotopic (exact) mass is 209 g/mol. The Hall–Kier alpha value is -1.01. The lowest BCUT2D eigenvalue weighted by Crippen LogP contribution is -3.00. The summed E-state index contributed by atoms with van der Waals surface area (Å²) in [6.45, 7) is 4.57. The van der Waals surface area contributed by atoms with Crippen LogP contribution in [0.2, 0.25) is 0 Å². The molecule has 0 fully saturated rings. The van der Waals surface area contributed by atoms with E-state index in [4.69, 9.17) is 0 Å². The summed E-state index contributed by atoms with van der Waals surface area (Å²) in [7, 11) is 4.26. The van der Waals surface area contributed by atoms with Crippen LogP contribution in [-0.4, -0.2) is 18.6 Å². The van der Waals surface area contributed by atoms with Gasteiger partial charge in [-0.05, 0) is 0 Å². The van der Waals surface area contributed by atoms with Gasteiger partial charge in [-0.1, -0.05) is 42.6 Å². The largest absolute Gasteiger partial charge is 1.00 e. The average Bonchev–Trinajstić information content (AvgIpc) is 2.04. The molecule has 76 valence electrons. The third kappa shape index (κ3) is 4.29. The number of quaternary nitrogens is 1. The topological polar surface area (TPSA) is 0 Å². The number of benzene rings is 1. The van der Waals surface area contributed by atoms with Gasteiger partial charge in [-0.25, -0.2) is 0 Å². The van der Waals surface area contributed by atoms with E-state index in [1.54, 1.807) is 0 Å². The molecule has 0 amide bonds. The van der Waals surface area contributed by atoms with E-state index in [9.17, 15) is 0 Å². The van der Waals surface area contributed by atoms with Crippen molar-refractivity contribution in [2.24, 2.45) is 0 Å². The van der Waals surface area contributed by atoms with Crippen molar-refractivity contribution in [3.63, 3.8) is 0 Å². The van der Waals surface area contributed by atoms with Crippen LogP contribution < -0.4 is 12.4 Å². The molecular weight excluding hydrogens is 194 g/mol. The summed E-state index contributed by atoms with van der Waals surface area (Å²) in [5, 5.41) is 0. The van der Waals surface area contributed by atoms with Crippen LogP contribution in [0.25, 0.3) is 0 Å². The lowest BCUT2D eigenvalue weighted by molar-refractivity contribution is -0.852. The normalized spacial score (nSPS) is 9.86. The summed E-state index contributed by atoms with van der Waals surface area (Å²) in [6, 6.07) is 10.4. The van der Waals surface area contributed by atoms with Crippen LogP contribution in [0.1, 0.15) is 5.56 Å². The predicted molar refractivity (Wildman–Crippen MR) is 56.0 cm³/mol. The number of rotatable bonds is 3. The molecule has 0 aliphatic rings. The zero-order chi connectivity index (χ0) is 9.73. The van der Waals surface area contributed by atoms with Gasteiger partial charge < -0.3 is 12.4 Å². The smallest absolute Gasteiger partial charge is 0.138 e. The molecule has 0 spiro atoms. The lowest BCUT2D eigenvalue weighted by atomic mass is 10.2. The second kappa shape index (κ2) is 5.66. The standard InChI is InChI=1S/C12H16N.ClH/c1-4-10-13(2,3)11-12-8-6-5-7-9-12;/h5-10H,1,11H2,2-3H3;1H/q+1;/p-1. The van der Waals surface area contributed by atoms with Gasteiger partial charge in [-0.3, -0.25) is 4.48 Å². The molecule has 0 aliphatic carbocycles. The molecule has 1 aromatic rings. The molecule has 0 heterocycles. The van der Waals surface area contributed by atoms with E-state index in [0.717, 1.165) is 11.0 Å². The first-order valence-electron chi connectivity index (χ1n) is 4.38. The van der Waals surface area contributed by atoms with Gasteiger partial charge in [-0.2, -0.15) is 0 Å². The summed E-state index contributed by atoms with van der Waals surface area (Å²) >= 11 is 0. The molecular formula is C12H16ClN. The first kappa shape index (κ1) is 13.0. The number of halogens is 1. The maximum Gasteiger partial charge on any atom is 0.138 e. The minimum atomic E-state index is 0. The third-order valence-corrected chi connectivity index (χ3v) is 1.87. The van der Waals surface area contributed by atoms with Gasteiger partial charge in [0, 0.05) is 5.56 Å². The van der Waals surface area contributed by atoms with Crippen molar-refractivity contribution < 1.29 is 16.9 Å². The Labute approximate surface area is 92.4 Å². The minimum absolute atomic E-state index is 0. The lowest BCUT2D eigenvalue weighted by Gasteiger charge is -2.23. The second-order valence-electron chi connectivity index (χ2n) is 3.76. The fraction of sp³-hybridized carbons (Fsp3) is 0.250. The Morgan fingerprint density at radius 2 is 1.86 bits per heavy atom. The van der Waals surface area contributed by atoms with Crippen LogP contribution in [-0.2, 0) is 6.54 Å². The van der Waals surface area contributed by atoms with Gasteiger partial charge in [0.25, 0.3) is 0 Å². The summed E-state index contributed by atoms with van der Waals surface area (Å²) in [6.07, 6.45) is 1.97. The summed E-state index contributed by atoms with van der Waals surface area (Å²) < 4.78 is 0.785. The van der Waals surface area contributed by atoms with Gasteiger partial charge in [0.15, 0.2) is 0 Å².